The first-order chi connectivity index (χ1) is 13.5. The van der Waals surface area contributed by atoms with Gasteiger partial charge in [-0.05, 0) is 58.4 Å². The quantitative estimate of drug-likeness (QED) is 0.349. The molecule has 7 nitrogen and oxygen atoms in total. The van der Waals surface area contributed by atoms with Crippen LogP contribution in [-0.2, 0) is 4.74 Å². The average Bonchev–Trinajstić information content (AvgIpc) is 2.71. The second kappa shape index (κ2) is 11.1. The Morgan fingerprint density at radius 2 is 1.64 bits per heavy atom. The number of halogens is 1. The summed E-state index contributed by atoms with van der Waals surface area (Å²) in [6, 6.07) is 11.4. The summed E-state index contributed by atoms with van der Waals surface area (Å²) >= 11 is 3.36. The fourth-order valence-electron chi connectivity index (χ4n) is 2.11. The molecule has 2 N–H and O–H groups in total. The van der Waals surface area contributed by atoms with Gasteiger partial charge in [0.1, 0.15) is 24.7 Å². The monoisotopic (exact) mass is 448 g/mol. The fraction of sp³-hybridized carbons (Fsp3) is 0.200. The van der Waals surface area contributed by atoms with Gasteiger partial charge in [0.2, 0.25) is 0 Å². The predicted octanol–water partition coefficient (Wildman–Crippen LogP) is 3.11. The molecular weight excluding hydrogens is 428 g/mol. The van der Waals surface area contributed by atoms with Crippen molar-refractivity contribution in [3.63, 3.8) is 0 Å². The molecule has 0 fully saturated rings. The lowest BCUT2D eigenvalue weighted by Crippen LogP contribution is -2.41. The third-order valence-corrected chi connectivity index (χ3v) is 4.13. The summed E-state index contributed by atoms with van der Waals surface area (Å²) in [5.74, 6) is 0.320. The normalized spacial score (nSPS) is 10.1. The van der Waals surface area contributed by atoms with Gasteiger partial charge in [-0.2, -0.15) is 0 Å². The Morgan fingerprint density at radius 3 is 2.25 bits per heavy atom. The summed E-state index contributed by atoms with van der Waals surface area (Å²) in [4.78, 5) is 24.4. The van der Waals surface area contributed by atoms with Crippen molar-refractivity contribution >= 4 is 27.7 Å². The average molecular weight is 449 g/mol. The zero-order valence-corrected chi connectivity index (χ0v) is 17.0. The highest BCUT2D eigenvalue weighted by molar-refractivity contribution is 9.10. The highest BCUT2D eigenvalue weighted by atomic mass is 79.9. The Bertz CT molecular complexity index is 824. The summed E-state index contributed by atoms with van der Waals surface area (Å²) in [5, 5.41) is 0. The van der Waals surface area contributed by atoms with E-state index in [1.165, 1.54) is 0 Å². The van der Waals surface area contributed by atoms with Crippen LogP contribution in [0.4, 0.5) is 0 Å². The number of methoxy groups -OCH3 is 1. The molecule has 2 amide bonds. The van der Waals surface area contributed by atoms with E-state index in [4.69, 9.17) is 14.2 Å². The van der Waals surface area contributed by atoms with Gasteiger partial charge in [-0.1, -0.05) is 12.7 Å². The van der Waals surface area contributed by atoms with Gasteiger partial charge in [-0.25, -0.2) is 0 Å². The Labute approximate surface area is 171 Å². The molecular formula is C20H21BrN2O5. The Balaban J connectivity index is 1.89. The second-order valence-corrected chi connectivity index (χ2v) is 6.37. The maximum absolute atomic E-state index is 12.2. The predicted molar refractivity (Wildman–Crippen MR) is 109 cm³/mol. The minimum atomic E-state index is -0.455. The van der Waals surface area contributed by atoms with Crippen molar-refractivity contribution in [1.29, 1.82) is 0 Å². The zero-order chi connectivity index (χ0) is 20.4. The molecule has 2 rings (SSSR count). The molecule has 0 atom stereocenters. The van der Waals surface area contributed by atoms with E-state index in [9.17, 15) is 9.59 Å². The SMILES string of the molecule is C=CCOc1ccc(C(=O)NNC(=O)c2ccc(OCCOC)c(Br)c2)cc1. The van der Waals surface area contributed by atoms with Crippen LogP contribution < -0.4 is 20.3 Å². The van der Waals surface area contributed by atoms with E-state index in [0.717, 1.165) is 0 Å². The molecule has 0 spiro atoms. The van der Waals surface area contributed by atoms with Crippen LogP contribution >= 0.6 is 15.9 Å². The van der Waals surface area contributed by atoms with Gasteiger partial charge in [0.05, 0.1) is 11.1 Å². The van der Waals surface area contributed by atoms with E-state index >= 15 is 0 Å². The Kier molecular flexibility index (Phi) is 8.51. The van der Waals surface area contributed by atoms with E-state index in [1.807, 2.05) is 0 Å². The second-order valence-electron chi connectivity index (χ2n) is 5.52. The molecule has 2 aromatic rings. The van der Waals surface area contributed by atoms with Gasteiger partial charge in [0, 0.05) is 18.2 Å². The molecule has 0 aliphatic heterocycles. The molecule has 0 aromatic heterocycles. The van der Waals surface area contributed by atoms with Crippen molar-refractivity contribution in [2.45, 2.75) is 0 Å². The molecule has 0 bridgehead atoms. The number of ether oxygens (including phenoxy) is 3. The summed E-state index contributed by atoms with van der Waals surface area (Å²) in [6.45, 7) is 4.81. The number of amides is 2. The topological polar surface area (TPSA) is 85.9 Å². The Hall–Kier alpha value is -2.84. The first kappa shape index (κ1) is 21.5. The molecule has 0 aliphatic carbocycles. The molecule has 2 aromatic carbocycles. The van der Waals surface area contributed by atoms with Crippen LogP contribution in [0.3, 0.4) is 0 Å². The number of hydrogen-bond acceptors (Lipinski definition) is 5. The van der Waals surface area contributed by atoms with Gasteiger partial charge in [-0.3, -0.25) is 20.4 Å². The molecule has 0 heterocycles. The van der Waals surface area contributed by atoms with Crippen LogP contribution in [0, 0.1) is 0 Å². The minimum Gasteiger partial charge on any atom is -0.490 e. The number of hydrogen-bond donors (Lipinski definition) is 2. The van der Waals surface area contributed by atoms with Crippen LogP contribution in [-0.4, -0.2) is 38.7 Å². The third-order valence-electron chi connectivity index (χ3n) is 3.51. The van der Waals surface area contributed by atoms with E-state index < -0.39 is 11.8 Å². The molecule has 0 radical (unpaired) electrons. The van der Waals surface area contributed by atoms with E-state index in [-0.39, 0.29) is 0 Å². The number of nitrogens with one attached hydrogen (secondary N) is 2. The summed E-state index contributed by atoms with van der Waals surface area (Å²) in [6.07, 6.45) is 1.63. The van der Waals surface area contributed by atoms with Crippen molar-refractivity contribution in [3.8, 4) is 11.5 Å². The maximum Gasteiger partial charge on any atom is 0.269 e. The van der Waals surface area contributed by atoms with Crippen molar-refractivity contribution in [2.24, 2.45) is 0 Å². The summed E-state index contributed by atoms with van der Waals surface area (Å²) < 4.78 is 16.4. The highest BCUT2D eigenvalue weighted by Crippen LogP contribution is 2.26. The lowest BCUT2D eigenvalue weighted by atomic mass is 10.2. The molecule has 0 aliphatic rings. The number of hydrazine groups is 1. The van der Waals surface area contributed by atoms with Gasteiger partial charge < -0.3 is 14.2 Å². The standard InChI is InChI=1S/C20H21BrN2O5/c1-3-10-27-16-7-4-14(5-8-16)19(24)22-23-20(25)15-6-9-18(17(21)13-15)28-12-11-26-2/h3-9,13H,1,10-12H2,2H3,(H,22,24)(H,23,25). The fourth-order valence-corrected chi connectivity index (χ4v) is 2.60. The first-order valence-corrected chi connectivity index (χ1v) is 9.20. The first-order valence-electron chi connectivity index (χ1n) is 8.41. The van der Waals surface area contributed by atoms with Gasteiger partial charge in [0.15, 0.2) is 0 Å². The van der Waals surface area contributed by atoms with Crippen LogP contribution in [0.1, 0.15) is 20.7 Å². The molecule has 28 heavy (non-hydrogen) atoms. The largest absolute Gasteiger partial charge is 0.490 e. The van der Waals surface area contributed by atoms with E-state index in [2.05, 4.69) is 33.4 Å². The van der Waals surface area contributed by atoms with Crippen molar-refractivity contribution in [3.05, 3.63) is 70.7 Å². The van der Waals surface area contributed by atoms with Crippen molar-refractivity contribution in [1.82, 2.24) is 10.9 Å². The highest BCUT2D eigenvalue weighted by Gasteiger charge is 2.11. The number of benzene rings is 2. The molecule has 0 saturated heterocycles. The van der Waals surface area contributed by atoms with Gasteiger partial charge in [-0.15, -0.1) is 0 Å². The van der Waals surface area contributed by atoms with Crippen molar-refractivity contribution in [2.75, 3.05) is 26.9 Å². The summed E-state index contributed by atoms with van der Waals surface area (Å²) in [7, 11) is 1.59. The zero-order valence-electron chi connectivity index (χ0n) is 15.4. The number of carbonyl (C=O) groups excluding carboxylic acids is 2. The smallest absolute Gasteiger partial charge is 0.269 e. The van der Waals surface area contributed by atoms with Gasteiger partial charge >= 0.3 is 0 Å². The van der Waals surface area contributed by atoms with Crippen LogP contribution in [0.15, 0.2) is 59.6 Å². The minimum absolute atomic E-state index is 0.361. The van der Waals surface area contributed by atoms with E-state index in [0.29, 0.717) is 46.9 Å². The number of carbonyl (C=O) groups is 2. The molecule has 8 heteroatoms. The van der Waals surface area contributed by atoms with Crippen molar-refractivity contribution < 1.29 is 23.8 Å². The lowest BCUT2D eigenvalue weighted by molar-refractivity contribution is 0.0846. The Morgan fingerprint density at radius 1 is 1.00 bits per heavy atom. The summed E-state index contributed by atoms with van der Waals surface area (Å²) in [5.41, 5.74) is 5.50. The third kappa shape index (κ3) is 6.40. The van der Waals surface area contributed by atoms with Crippen LogP contribution in [0.25, 0.3) is 0 Å². The van der Waals surface area contributed by atoms with Crippen LogP contribution in [0.2, 0.25) is 0 Å². The number of rotatable bonds is 9. The maximum atomic E-state index is 12.2. The van der Waals surface area contributed by atoms with E-state index in [1.54, 1.807) is 55.7 Å². The molecule has 0 saturated carbocycles. The molecule has 0 unspecified atom stereocenters. The molecule has 148 valence electrons. The van der Waals surface area contributed by atoms with Gasteiger partial charge in [0.25, 0.3) is 11.8 Å². The lowest BCUT2D eigenvalue weighted by Gasteiger charge is -2.11. The van der Waals surface area contributed by atoms with Crippen LogP contribution in [0.5, 0.6) is 11.5 Å².